The number of nitrogens with zero attached hydrogens (tertiary/aromatic N) is 2. The Kier molecular flexibility index (Phi) is 5.79. The molecule has 5 heteroatoms. The maximum absolute atomic E-state index is 12.0. The summed E-state index contributed by atoms with van der Waals surface area (Å²) in [5.41, 5.74) is 0.108. The van der Waals surface area contributed by atoms with Gasteiger partial charge < -0.3 is 9.64 Å². The van der Waals surface area contributed by atoms with E-state index < -0.39 is 5.41 Å². The van der Waals surface area contributed by atoms with Crippen LogP contribution in [0.15, 0.2) is 5.38 Å². The molecule has 0 aliphatic carbocycles. The summed E-state index contributed by atoms with van der Waals surface area (Å²) < 4.78 is 5.12. The molecular formula is C14H24N2O2S. The van der Waals surface area contributed by atoms with Crippen LogP contribution in [0.5, 0.6) is 0 Å². The molecule has 0 atom stereocenters. The van der Waals surface area contributed by atoms with E-state index in [1.807, 2.05) is 26.2 Å². The predicted molar refractivity (Wildman–Crippen MR) is 80.0 cm³/mol. The van der Waals surface area contributed by atoms with E-state index in [1.165, 1.54) is 0 Å². The molecule has 1 rings (SSSR count). The van der Waals surface area contributed by atoms with Crippen molar-refractivity contribution in [2.45, 2.75) is 46.5 Å². The number of esters is 1. The number of hydrogen-bond acceptors (Lipinski definition) is 5. The van der Waals surface area contributed by atoms with Gasteiger partial charge in [-0.3, -0.25) is 4.79 Å². The molecule has 0 bridgehead atoms. The van der Waals surface area contributed by atoms with Gasteiger partial charge in [0.15, 0.2) is 5.13 Å². The third-order valence-corrected chi connectivity index (χ3v) is 3.97. The highest BCUT2D eigenvalue weighted by Crippen LogP contribution is 2.30. The molecule has 0 spiro atoms. The number of aromatic nitrogens is 1. The molecule has 0 saturated carbocycles. The van der Waals surface area contributed by atoms with E-state index in [0.717, 1.165) is 30.3 Å². The Bertz CT molecular complexity index is 415. The second-order valence-electron chi connectivity index (χ2n) is 4.94. The number of rotatable bonds is 7. The van der Waals surface area contributed by atoms with Crippen molar-refractivity contribution in [3.8, 4) is 0 Å². The van der Waals surface area contributed by atoms with Crippen LogP contribution in [0.3, 0.4) is 0 Å². The van der Waals surface area contributed by atoms with E-state index in [-0.39, 0.29) is 5.97 Å². The van der Waals surface area contributed by atoms with Gasteiger partial charge in [-0.15, -0.1) is 11.3 Å². The van der Waals surface area contributed by atoms with E-state index in [2.05, 4.69) is 23.7 Å². The quantitative estimate of drug-likeness (QED) is 0.721. The van der Waals surface area contributed by atoms with Crippen molar-refractivity contribution in [1.29, 1.82) is 0 Å². The largest absolute Gasteiger partial charge is 0.465 e. The SMILES string of the molecule is CCCN(CC)c1nc(C(C)(C)C(=O)OCC)cs1. The fourth-order valence-corrected chi connectivity index (χ4v) is 2.86. The smallest absolute Gasteiger partial charge is 0.317 e. The van der Waals surface area contributed by atoms with E-state index in [9.17, 15) is 4.79 Å². The maximum Gasteiger partial charge on any atom is 0.317 e. The van der Waals surface area contributed by atoms with Gasteiger partial charge in [0.25, 0.3) is 0 Å². The van der Waals surface area contributed by atoms with Gasteiger partial charge in [0.2, 0.25) is 0 Å². The Morgan fingerprint density at radius 2 is 2.11 bits per heavy atom. The fourth-order valence-electron chi connectivity index (χ4n) is 1.77. The Balaban J connectivity index is 2.91. The standard InChI is InChI=1S/C14H24N2O2S/c1-6-9-16(7-2)13-15-11(10-19-13)14(4,5)12(17)18-8-3/h10H,6-9H2,1-5H3. The van der Waals surface area contributed by atoms with E-state index in [4.69, 9.17) is 4.74 Å². The average molecular weight is 284 g/mol. The van der Waals surface area contributed by atoms with Crippen LogP contribution in [0.4, 0.5) is 5.13 Å². The molecule has 0 amide bonds. The first-order chi connectivity index (χ1) is 8.97. The monoisotopic (exact) mass is 284 g/mol. The summed E-state index contributed by atoms with van der Waals surface area (Å²) in [6.45, 7) is 12.1. The van der Waals surface area contributed by atoms with Crippen LogP contribution in [0, 0.1) is 0 Å². The number of anilines is 1. The van der Waals surface area contributed by atoms with Gasteiger partial charge in [-0.2, -0.15) is 0 Å². The van der Waals surface area contributed by atoms with Crippen molar-refractivity contribution >= 4 is 22.4 Å². The topological polar surface area (TPSA) is 42.4 Å². The highest BCUT2D eigenvalue weighted by Gasteiger charge is 2.34. The van der Waals surface area contributed by atoms with Crippen molar-refractivity contribution in [1.82, 2.24) is 4.98 Å². The second kappa shape index (κ2) is 6.89. The molecule has 1 heterocycles. The first-order valence-corrected chi connectivity index (χ1v) is 7.73. The predicted octanol–water partition coefficient (Wildman–Crippen LogP) is 3.22. The van der Waals surface area contributed by atoms with Crippen molar-refractivity contribution < 1.29 is 9.53 Å². The number of ether oxygens (including phenoxy) is 1. The summed E-state index contributed by atoms with van der Waals surface area (Å²) >= 11 is 1.59. The summed E-state index contributed by atoms with van der Waals surface area (Å²) in [4.78, 5) is 18.8. The molecular weight excluding hydrogens is 260 g/mol. The minimum absolute atomic E-state index is 0.217. The summed E-state index contributed by atoms with van der Waals surface area (Å²) in [6, 6.07) is 0. The zero-order valence-corrected chi connectivity index (χ0v) is 13.3. The summed E-state index contributed by atoms with van der Waals surface area (Å²) in [5.74, 6) is -0.217. The molecule has 0 unspecified atom stereocenters. The maximum atomic E-state index is 12.0. The number of hydrogen-bond donors (Lipinski definition) is 0. The lowest BCUT2D eigenvalue weighted by atomic mass is 9.90. The Morgan fingerprint density at radius 1 is 1.42 bits per heavy atom. The average Bonchev–Trinajstić information content (AvgIpc) is 2.86. The second-order valence-corrected chi connectivity index (χ2v) is 5.78. The molecule has 4 nitrogen and oxygen atoms in total. The molecule has 108 valence electrons. The van der Waals surface area contributed by atoms with Gasteiger partial charge >= 0.3 is 5.97 Å². The van der Waals surface area contributed by atoms with Crippen LogP contribution < -0.4 is 4.90 Å². The molecule has 0 aliphatic rings. The van der Waals surface area contributed by atoms with E-state index in [0.29, 0.717) is 6.61 Å². The molecule has 19 heavy (non-hydrogen) atoms. The van der Waals surface area contributed by atoms with Gasteiger partial charge in [-0.05, 0) is 34.1 Å². The molecule has 0 fully saturated rings. The van der Waals surface area contributed by atoms with Crippen molar-refractivity contribution in [3.05, 3.63) is 11.1 Å². The van der Waals surface area contributed by atoms with Gasteiger partial charge in [0.05, 0.1) is 12.3 Å². The lowest BCUT2D eigenvalue weighted by molar-refractivity contribution is -0.148. The highest BCUT2D eigenvalue weighted by molar-refractivity contribution is 7.13. The van der Waals surface area contributed by atoms with E-state index >= 15 is 0 Å². The highest BCUT2D eigenvalue weighted by atomic mass is 32.1. The molecule has 0 aromatic carbocycles. The molecule has 0 N–H and O–H groups in total. The Hall–Kier alpha value is -1.10. The first-order valence-electron chi connectivity index (χ1n) is 6.85. The van der Waals surface area contributed by atoms with Crippen LogP contribution in [-0.4, -0.2) is 30.6 Å². The zero-order valence-electron chi connectivity index (χ0n) is 12.5. The van der Waals surface area contributed by atoms with Crippen molar-refractivity contribution in [2.24, 2.45) is 0 Å². The normalized spacial score (nSPS) is 11.4. The van der Waals surface area contributed by atoms with Crippen LogP contribution in [0.1, 0.15) is 46.7 Å². The molecule has 0 aliphatic heterocycles. The third-order valence-electron chi connectivity index (χ3n) is 3.06. The van der Waals surface area contributed by atoms with Crippen LogP contribution in [0.25, 0.3) is 0 Å². The van der Waals surface area contributed by atoms with Gasteiger partial charge in [0, 0.05) is 18.5 Å². The minimum Gasteiger partial charge on any atom is -0.465 e. The zero-order chi connectivity index (χ0) is 14.5. The van der Waals surface area contributed by atoms with Crippen LogP contribution in [0.2, 0.25) is 0 Å². The molecule has 0 saturated heterocycles. The summed E-state index contributed by atoms with van der Waals surface area (Å²) in [6.07, 6.45) is 1.09. The number of carbonyl (C=O) groups is 1. The Labute approximate surface area is 119 Å². The van der Waals surface area contributed by atoms with Crippen LogP contribution in [-0.2, 0) is 14.9 Å². The van der Waals surface area contributed by atoms with Crippen molar-refractivity contribution in [3.63, 3.8) is 0 Å². The van der Waals surface area contributed by atoms with E-state index in [1.54, 1.807) is 11.3 Å². The van der Waals surface area contributed by atoms with Crippen molar-refractivity contribution in [2.75, 3.05) is 24.6 Å². The molecule has 1 aromatic heterocycles. The molecule has 1 aromatic rings. The van der Waals surface area contributed by atoms with Gasteiger partial charge in [-0.25, -0.2) is 4.98 Å². The Morgan fingerprint density at radius 3 is 2.63 bits per heavy atom. The lowest BCUT2D eigenvalue weighted by Crippen LogP contribution is -2.32. The fraction of sp³-hybridized carbons (Fsp3) is 0.714. The van der Waals surface area contributed by atoms with Gasteiger partial charge in [0.1, 0.15) is 5.41 Å². The number of thiazole rings is 1. The lowest BCUT2D eigenvalue weighted by Gasteiger charge is -2.21. The van der Waals surface area contributed by atoms with Crippen LogP contribution >= 0.6 is 11.3 Å². The summed E-state index contributed by atoms with van der Waals surface area (Å²) in [5, 5.41) is 2.95. The minimum atomic E-state index is -0.684. The molecule has 0 radical (unpaired) electrons. The summed E-state index contributed by atoms with van der Waals surface area (Å²) in [7, 11) is 0. The number of carbonyl (C=O) groups excluding carboxylic acids is 1. The van der Waals surface area contributed by atoms with Gasteiger partial charge in [-0.1, -0.05) is 6.92 Å². The third kappa shape index (κ3) is 3.69. The first kappa shape index (κ1) is 16.0.